The fourth-order valence-electron chi connectivity index (χ4n) is 2.08. The number of nitrogens with two attached hydrogens (primary N) is 1. The SMILES string of the molecule is CN(Cc1cc(Br)cs1)C(=O)C(CN)c1ccccc1.Cl. The van der Waals surface area contributed by atoms with E-state index in [1.165, 1.54) is 0 Å². The molecule has 21 heavy (non-hydrogen) atoms. The zero-order valence-electron chi connectivity index (χ0n) is 11.7. The van der Waals surface area contributed by atoms with Crippen molar-refractivity contribution in [2.75, 3.05) is 13.6 Å². The Balaban J connectivity index is 0.00000220. The summed E-state index contributed by atoms with van der Waals surface area (Å²) in [6.45, 7) is 0.930. The van der Waals surface area contributed by atoms with Crippen molar-refractivity contribution in [3.63, 3.8) is 0 Å². The van der Waals surface area contributed by atoms with Crippen molar-refractivity contribution in [3.8, 4) is 0 Å². The van der Waals surface area contributed by atoms with Crippen LogP contribution in [0.1, 0.15) is 16.4 Å². The minimum Gasteiger partial charge on any atom is -0.340 e. The Hall–Kier alpha value is -0.880. The van der Waals surface area contributed by atoms with Gasteiger partial charge in [0.15, 0.2) is 0 Å². The third-order valence-corrected chi connectivity index (χ3v) is 4.81. The Morgan fingerprint density at radius 3 is 2.57 bits per heavy atom. The first-order chi connectivity index (χ1) is 9.61. The van der Waals surface area contributed by atoms with Crippen LogP contribution in [0.15, 0.2) is 46.3 Å². The van der Waals surface area contributed by atoms with Crippen LogP contribution in [-0.2, 0) is 11.3 Å². The van der Waals surface area contributed by atoms with Crippen LogP contribution in [0, 0.1) is 0 Å². The van der Waals surface area contributed by atoms with Crippen LogP contribution >= 0.6 is 39.7 Å². The van der Waals surface area contributed by atoms with Gasteiger partial charge in [0.1, 0.15) is 0 Å². The third-order valence-electron chi connectivity index (χ3n) is 3.13. The van der Waals surface area contributed by atoms with Gasteiger partial charge < -0.3 is 10.6 Å². The summed E-state index contributed by atoms with van der Waals surface area (Å²) in [7, 11) is 1.82. The molecule has 0 aliphatic heterocycles. The number of hydrogen-bond donors (Lipinski definition) is 1. The summed E-state index contributed by atoms with van der Waals surface area (Å²) in [6.07, 6.45) is 0. The zero-order chi connectivity index (χ0) is 14.5. The van der Waals surface area contributed by atoms with E-state index in [0.717, 1.165) is 14.9 Å². The maximum absolute atomic E-state index is 12.5. The quantitative estimate of drug-likeness (QED) is 0.848. The largest absolute Gasteiger partial charge is 0.340 e. The van der Waals surface area contributed by atoms with Gasteiger partial charge in [-0.15, -0.1) is 23.7 Å². The van der Waals surface area contributed by atoms with E-state index in [9.17, 15) is 4.79 Å². The maximum atomic E-state index is 12.5. The van der Waals surface area contributed by atoms with E-state index in [1.54, 1.807) is 16.2 Å². The van der Waals surface area contributed by atoms with Gasteiger partial charge in [0.05, 0.1) is 12.5 Å². The predicted octanol–water partition coefficient (Wildman–Crippen LogP) is 3.63. The molecule has 1 amide bonds. The average molecular weight is 390 g/mol. The molecule has 6 heteroatoms. The summed E-state index contributed by atoms with van der Waals surface area (Å²) >= 11 is 5.06. The van der Waals surface area contributed by atoms with Crippen LogP contribution in [0.3, 0.4) is 0 Å². The van der Waals surface area contributed by atoms with Crippen LogP contribution in [0.5, 0.6) is 0 Å². The molecule has 3 nitrogen and oxygen atoms in total. The van der Waals surface area contributed by atoms with Crippen molar-refractivity contribution in [1.29, 1.82) is 0 Å². The number of hydrogen-bond acceptors (Lipinski definition) is 3. The van der Waals surface area contributed by atoms with Crippen LogP contribution in [-0.4, -0.2) is 24.4 Å². The molecule has 1 atom stereocenters. The smallest absolute Gasteiger partial charge is 0.231 e. The van der Waals surface area contributed by atoms with E-state index < -0.39 is 0 Å². The second-order valence-corrected chi connectivity index (χ2v) is 6.54. The van der Waals surface area contributed by atoms with Gasteiger partial charge in [0, 0.05) is 28.3 Å². The third kappa shape index (κ3) is 4.81. The summed E-state index contributed by atoms with van der Waals surface area (Å²) in [5, 5.41) is 2.02. The van der Waals surface area contributed by atoms with Crippen LogP contribution in [0.2, 0.25) is 0 Å². The molecule has 114 valence electrons. The molecule has 0 bridgehead atoms. The Morgan fingerprint density at radius 2 is 2.05 bits per heavy atom. The van der Waals surface area contributed by atoms with E-state index in [2.05, 4.69) is 15.9 Å². The lowest BCUT2D eigenvalue weighted by Gasteiger charge is -2.22. The topological polar surface area (TPSA) is 46.3 Å². The zero-order valence-corrected chi connectivity index (χ0v) is 14.9. The van der Waals surface area contributed by atoms with Crippen molar-refractivity contribution < 1.29 is 4.79 Å². The molecule has 2 aromatic rings. The monoisotopic (exact) mass is 388 g/mol. The summed E-state index contributed by atoms with van der Waals surface area (Å²) < 4.78 is 1.05. The maximum Gasteiger partial charge on any atom is 0.231 e. The predicted molar refractivity (Wildman–Crippen MR) is 94.0 cm³/mol. The van der Waals surface area contributed by atoms with Gasteiger partial charge in [-0.1, -0.05) is 30.3 Å². The molecule has 1 aromatic heterocycles. The molecule has 0 saturated carbocycles. The van der Waals surface area contributed by atoms with Crippen molar-refractivity contribution in [2.45, 2.75) is 12.5 Å². The van der Waals surface area contributed by atoms with Gasteiger partial charge in [-0.05, 0) is 27.6 Å². The van der Waals surface area contributed by atoms with Gasteiger partial charge in [0.2, 0.25) is 5.91 Å². The van der Waals surface area contributed by atoms with Crippen molar-refractivity contribution >= 4 is 45.6 Å². The lowest BCUT2D eigenvalue weighted by molar-refractivity contribution is -0.131. The molecule has 0 spiro atoms. The Morgan fingerprint density at radius 1 is 1.38 bits per heavy atom. The fourth-order valence-corrected chi connectivity index (χ4v) is 3.58. The van der Waals surface area contributed by atoms with Crippen LogP contribution < -0.4 is 5.73 Å². The highest BCUT2D eigenvalue weighted by Gasteiger charge is 2.22. The lowest BCUT2D eigenvalue weighted by atomic mass is 9.98. The van der Waals surface area contributed by atoms with Gasteiger partial charge in [-0.3, -0.25) is 4.79 Å². The Bertz CT molecular complexity index is 576. The first-order valence-corrected chi connectivity index (χ1v) is 8.02. The number of benzene rings is 1. The molecule has 1 heterocycles. The highest BCUT2D eigenvalue weighted by Crippen LogP contribution is 2.23. The minimum atomic E-state index is -0.274. The molecule has 0 aliphatic rings. The van der Waals surface area contributed by atoms with E-state index in [-0.39, 0.29) is 24.2 Å². The lowest BCUT2D eigenvalue weighted by Crippen LogP contribution is -2.34. The van der Waals surface area contributed by atoms with Crippen molar-refractivity contribution in [2.24, 2.45) is 5.73 Å². The molecular weight excluding hydrogens is 372 g/mol. The number of halogens is 2. The molecule has 2 N–H and O–H groups in total. The summed E-state index contributed by atoms with van der Waals surface area (Å²) in [4.78, 5) is 15.4. The van der Waals surface area contributed by atoms with Crippen LogP contribution in [0.25, 0.3) is 0 Å². The molecule has 2 rings (SSSR count). The second kappa shape index (κ2) is 8.54. The molecule has 0 aliphatic carbocycles. The molecule has 0 radical (unpaired) electrons. The Kier molecular flexibility index (Phi) is 7.39. The minimum absolute atomic E-state index is 0. The van der Waals surface area contributed by atoms with Crippen molar-refractivity contribution in [3.05, 3.63) is 56.7 Å². The van der Waals surface area contributed by atoms with E-state index in [1.807, 2.05) is 48.8 Å². The molecule has 0 fully saturated rings. The highest BCUT2D eigenvalue weighted by molar-refractivity contribution is 9.10. The standard InChI is InChI=1S/C15H17BrN2OS.ClH/c1-18(9-13-7-12(16)10-20-13)15(19)14(8-17)11-5-3-2-4-6-11;/h2-7,10,14H,8-9,17H2,1H3;1H. The number of amides is 1. The first kappa shape index (κ1) is 18.2. The normalized spacial score (nSPS) is 11.6. The number of thiophene rings is 1. The second-order valence-electron chi connectivity index (χ2n) is 4.62. The average Bonchev–Trinajstić information content (AvgIpc) is 2.86. The van der Waals surface area contributed by atoms with E-state index >= 15 is 0 Å². The molecular formula is C15H18BrClN2OS. The van der Waals surface area contributed by atoms with Gasteiger partial charge in [-0.25, -0.2) is 0 Å². The van der Waals surface area contributed by atoms with Crippen molar-refractivity contribution in [1.82, 2.24) is 4.90 Å². The van der Waals surface area contributed by atoms with Gasteiger partial charge in [0.25, 0.3) is 0 Å². The number of carbonyl (C=O) groups is 1. The first-order valence-electron chi connectivity index (χ1n) is 6.34. The Labute approximate surface area is 143 Å². The summed E-state index contributed by atoms with van der Waals surface area (Å²) in [5.74, 6) is -0.215. The summed E-state index contributed by atoms with van der Waals surface area (Å²) in [6, 6.07) is 11.7. The van der Waals surface area contributed by atoms with E-state index in [4.69, 9.17) is 5.73 Å². The molecule has 1 aromatic carbocycles. The molecule has 1 unspecified atom stereocenters. The fraction of sp³-hybridized carbons (Fsp3) is 0.267. The van der Waals surface area contributed by atoms with Gasteiger partial charge >= 0.3 is 0 Å². The van der Waals surface area contributed by atoms with E-state index in [0.29, 0.717) is 13.1 Å². The molecule has 0 saturated heterocycles. The highest BCUT2D eigenvalue weighted by atomic mass is 79.9. The van der Waals surface area contributed by atoms with Crippen LogP contribution in [0.4, 0.5) is 0 Å². The number of nitrogens with zero attached hydrogens (tertiary/aromatic N) is 1. The number of likely N-dealkylation sites (N-methyl/N-ethyl adjacent to an activating group) is 1. The number of carbonyl (C=O) groups excluding carboxylic acids is 1. The number of rotatable bonds is 5. The summed E-state index contributed by atoms with van der Waals surface area (Å²) in [5.41, 5.74) is 6.76. The van der Waals surface area contributed by atoms with Gasteiger partial charge in [-0.2, -0.15) is 0 Å².